The van der Waals surface area contributed by atoms with E-state index in [0.717, 1.165) is 22.8 Å². The van der Waals surface area contributed by atoms with Crippen LogP contribution in [0.5, 0.6) is 0 Å². The summed E-state index contributed by atoms with van der Waals surface area (Å²) in [5, 5.41) is 4.29. The summed E-state index contributed by atoms with van der Waals surface area (Å²) in [6, 6.07) is 12.4. The van der Waals surface area contributed by atoms with E-state index < -0.39 is 0 Å². The Morgan fingerprint density at radius 2 is 2.16 bits per heavy atom. The number of benzene rings is 1. The number of aromatic nitrogens is 2. The molecule has 1 aromatic carbocycles. The summed E-state index contributed by atoms with van der Waals surface area (Å²) in [6.45, 7) is 2.88. The molecule has 2 aromatic heterocycles. The summed E-state index contributed by atoms with van der Waals surface area (Å²) < 4.78 is 1.24. The molecule has 96 valence electrons. The summed E-state index contributed by atoms with van der Waals surface area (Å²) >= 11 is 1.70. The highest BCUT2D eigenvalue weighted by atomic mass is 32.1. The van der Waals surface area contributed by atoms with Gasteiger partial charge in [0.2, 0.25) is 0 Å². The number of pyridine rings is 1. The summed E-state index contributed by atoms with van der Waals surface area (Å²) in [7, 11) is 0. The van der Waals surface area contributed by atoms with Crippen molar-refractivity contribution in [3.8, 4) is 0 Å². The second-order valence-corrected chi connectivity index (χ2v) is 5.38. The molecule has 1 N–H and O–H groups in total. The van der Waals surface area contributed by atoms with Crippen LogP contribution in [-0.2, 0) is 13.0 Å². The molecule has 4 heteroatoms. The quantitative estimate of drug-likeness (QED) is 0.781. The molecule has 0 amide bonds. The summed E-state index contributed by atoms with van der Waals surface area (Å²) in [4.78, 5) is 8.87. The monoisotopic (exact) mass is 269 g/mol. The maximum absolute atomic E-state index is 4.58. The van der Waals surface area contributed by atoms with Crippen LogP contribution in [0.15, 0.2) is 42.6 Å². The van der Waals surface area contributed by atoms with Crippen LogP contribution in [0.1, 0.15) is 18.2 Å². The van der Waals surface area contributed by atoms with Crippen molar-refractivity contribution >= 4 is 26.7 Å². The zero-order valence-electron chi connectivity index (χ0n) is 10.8. The van der Waals surface area contributed by atoms with Crippen molar-refractivity contribution in [3.05, 3.63) is 53.9 Å². The predicted octanol–water partition coefficient (Wildman–Crippen LogP) is 3.87. The van der Waals surface area contributed by atoms with E-state index in [1.807, 2.05) is 24.4 Å². The lowest BCUT2D eigenvalue weighted by atomic mass is 10.2. The van der Waals surface area contributed by atoms with Crippen molar-refractivity contribution in [3.63, 3.8) is 0 Å². The molecule has 0 unspecified atom stereocenters. The first-order chi connectivity index (χ1) is 9.35. The molecule has 0 atom stereocenters. The SMILES string of the molecule is CCc1ccc2nc(NCc3ccccn3)sc2c1. The van der Waals surface area contributed by atoms with Crippen molar-refractivity contribution in [1.29, 1.82) is 0 Å². The normalized spacial score (nSPS) is 10.8. The van der Waals surface area contributed by atoms with Gasteiger partial charge in [-0.3, -0.25) is 4.98 Å². The molecular weight excluding hydrogens is 254 g/mol. The molecule has 0 aliphatic heterocycles. The van der Waals surface area contributed by atoms with E-state index in [4.69, 9.17) is 0 Å². The number of thiazole rings is 1. The van der Waals surface area contributed by atoms with Gasteiger partial charge in [-0.2, -0.15) is 0 Å². The molecule has 2 heterocycles. The van der Waals surface area contributed by atoms with Gasteiger partial charge in [-0.1, -0.05) is 30.4 Å². The Balaban J connectivity index is 1.78. The van der Waals surface area contributed by atoms with Gasteiger partial charge >= 0.3 is 0 Å². The third-order valence-corrected chi connectivity index (χ3v) is 3.98. The Hall–Kier alpha value is -1.94. The van der Waals surface area contributed by atoms with Crippen molar-refractivity contribution in [1.82, 2.24) is 9.97 Å². The summed E-state index contributed by atoms with van der Waals surface area (Å²) in [5.41, 5.74) is 3.44. The molecule has 0 aliphatic carbocycles. The summed E-state index contributed by atoms with van der Waals surface area (Å²) in [5.74, 6) is 0. The molecule has 0 saturated carbocycles. The van der Waals surface area contributed by atoms with Gasteiger partial charge in [0.1, 0.15) is 0 Å². The van der Waals surface area contributed by atoms with E-state index in [2.05, 4.69) is 40.4 Å². The Morgan fingerprint density at radius 3 is 2.95 bits per heavy atom. The largest absolute Gasteiger partial charge is 0.356 e. The third kappa shape index (κ3) is 2.74. The van der Waals surface area contributed by atoms with Crippen LogP contribution in [-0.4, -0.2) is 9.97 Å². The number of nitrogens with zero attached hydrogens (tertiary/aromatic N) is 2. The zero-order chi connectivity index (χ0) is 13.1. The van der Waals surface area contributed by atoms with Crippen LogP contribution in [0.25, 0.3) is 10.2 Å². The van der Waals surface area contributed by atoms with Crippen LogP contribution < -0.4 is 5.32 Å². The smallest absolute Gasteiger partial charge is 0.184 e. The molecule has 3 nitrogen and oxygen atoms in total. The van der Waals surface area contributed by atoms with Crippen molar-refractivity contribution in [2.75, 3.05) is 5.32 Å². The fourth-order valence-electron chi connectivity index (χ4n) is 1.93. The second-order valence-electron chi connectivity index (χ2n) is 4.35. The lowest BCUT2D eigenvalue weighted by Gasteiger charge is -2.00. The Kier molecular flexibility index (Phi) is 3.42. The number of nitrogens with one attached hydrogen (secondary N) is 1. The molecule has 0 bridgehead atoms. The minimum absolute atomic E-state index is 0.710. The fraction of sp³-hybridized carbons (Fsp3) is 0.200. The van der Waals surface area contributed by atoms with Crippen LogP contribution in [0.3, 0.4) is 0 Å². The molecule has 0 saturated heterocycles. The maximum atomic E-state index is 4.58. The zero-order valence-corrected chi connectivity index (χ0v) is 11.6. The fourth-order valence-corrected chi connectivity index (χ4v) is 2.86. The highest BCUT2D eigenvalue weighted by Gasteiger charge is 2.04. The van der Waals surface area contributed by atoms with Crippen LogP contribution in [0, 0.1) is 0 Å². The number of hydrogen-bond acceptors (Lipinski definition) is 4. The predicted molar refractivity (Wildman–Crippen MR) is 80.6 cm³/mol. The van der Waals surface area contributed by atoms with Gasteiger partial charge in [-0.05, 0) is 36.2 Å². The minimum atomic E-state index is 0.710. The third-order valence-electron chi connectivity index (χ3n) is 3.01. The van der Waals surface area contributed by atoms with E-state index >= 15 is 0 Å². The molecule has 0 aliphatic rings. The molecular formula is C15H15N3S. The number of rotatable bonds is 4. The molecule has 0 radical (unpaired) electrons. The van der Waals surface area contributed by atoms with Gasteiger partial charge in [0.15, 0.2) is 5.13 Å². The molecule has 3 rings (SSSR count). The Bertz CT molecular complexity index is 676. The average Bonchev–Trinajstić information content (AvgIpc) is 2.88. The number of anilines is 1. The van der Waals surface area contributed by atoms with Crippen molar-refractivity contribution < 1.29 is 0 Å². The van der Waals surface area contributed by atoms with Gasteiger partial charge < -0.3 is 5.32 Å². The highest BCUT2D eigenvalue weighted by Crippen LogP contribution is 2.27. The number of fused-ring (bicyclic) bond motifs is 1. The van der Waals surface area contributed by atoms with Gasteiger partial charge in [0.05, 0.1) is 22.5 Å². The highest BCUT2D eigenvalue weighted by molar-refractivity contribution is 7.22. The van der Waals surface area contributed by atoms with Gasteiger partial charge in [0.25, 0.3) is 0 Å². The van der Waals surface area contributed by atoms with E-state index in [-0.39, 0.29) is 0 Å². The van der Waals surface area contributed by atoms with E-state index in [0.29, 0.717) is 6.54 Å². The van der Waals surface area contributed by atoms with Gasteiger partial charge in [0, 0.05) is 6.20 Å². The van der Waals surface area contributed by atoms with Crippen molar-refractivity contribution in [2.24, 2.45) is 0 Å². The lowest BCUT2D eigenvalue weighted by Crippen LogP contribution is -2.00. The minimum Gasteiger partial charge on any atom is -0.356 e. The van der Waals surface area contributed by atoms with Gasteiger partial charge in [-0.15, -0.1) is 0 Å². The van der Waals surface area contributed by atoms with Crippen LogP contribution in [0.2, 0.25) is 0 Å². The van der Waals surface area contributed by atoms with E-state index in [9.17, 15) is 0 Å². The second kappa shape index (κ2) is 5.36. The number of hydrogen-bond donors (Lipinski definition) is 1. The summed E-state index contributed by atoms with van der Waals surface area (Å²) in [6.07, 6.45) is 2.87. The Labute approximate surface area is 116 Å². The topological polar surface area (TPSA) is 37.8 Å². The first-order valence-electron chi connectivity index (χ1n) is 6.38. The van der Waals surface area contributed by atoms with Gasteiger partial charge in [-0.25, -0.2) is 4.98 Å². The molecule has 19 heavy (non-hydrogen) atoms. The average molecular weight is 269 g/mol. The van der Waals surface area contributed by atoms with Crippen molar-refractivity contribution in [2.45, 2.75) is 19.9 Å². The number of aryl methyl sites for hydroxylation is 1. The Morgan fingerprint density at radius 1 is 1.21 bits per heavy atom. The van der Waals surface area contributed by atoms with E-state index in [1.165, 1.54) is 10.3 Å². The van der Waals surface area contributed by atoms with E-state index in [1.54, 1.807) is 11.3 Å². The molecule has 0 fully saturated rings. The standard InChI is InChI=1S/C15H15N3S/c1-2-11-6-7-13-14(9-11)19-15(18-13)17-10-12-5-3-4-8-16-12/h3-9H,2,10H2,1H3,(H,17,18). The molecule has 0 spiro atoms. The van der Waals surface area contributed by atoms with Crippen LogP contribution in [0.4, 0.5) is 5.13 Å². The molecule has 3 aromatic rings. The van der Waals surface area contributed by atoms with Crippen LogP contribution >= 0.6 is 11.3 Å². The first kappa shape index (κ1) is 12.1. The maximum Gasteiger partial charge on any atom is 0.184 e. The first-order valence-corrected chi connectivity index (χ1v) is 7.20. The lowest BCUT2D eigenvalue weighted by molar-refractivity contribution is 1.04.